The Morgan fingerprint density at radius 2 is 1.96 bits per heavy atom. The molecule has 1 N–H and O–H groups in total. The number of esters is 1. The van der Waals surface area contributed by atoms with Crippen molar-refractivity contribution in [3.8, 4) is 0 Å². The van der Waals surface area contributed by atoms with Crippen LogP contribution in [0.4, 0.5) is 0 Å². The molecular formula is C21H24N2O3. The molecule has 2 aromatic rings. The Balaban J connectivity index is 1.69. The third-order valence-electron chi connectivity index (χ3n) is 4.39. The molecule has 1 aromatic carbocycles. The van der Waals surface area contributed by atoms with Crippen LogP contribution < -0.4 is 0 Å². The summed E-state index contributed by atoms with van der Waals surface area (Å²) < 4.78 is 7.48. The lowest BCUT2D eigenvalue weighted by Crippen LogP contribution is -2.21. The van der Waals surface area contributed by atoms with Crippen molar-refractivity contribution in [2.75, 3.05) is 0 Å². The molecule has 0 aliphatic heterocycles. The van der Waals surface area contributed by atoms with E-state index in [4.69, 9.17) is 4.74 Å². The van der Waals surface area contributed by atoms with E-state index in [2.05, 4.69) is 4.98 Å². The van der Waals surface area contributed by atoms with Gasteiger partial charge in [-0.1, -0.05) is 36.4 Å². The van der Waals surface area contributed by atoms with E-state index in [1.54, 1.807) is 12.4 Å². The van der Waals surface area contributed by atoms with E-state index in [0.717, 1.165) is 16.8 Å². The van der Waals surface area contributed by atoms with E-state index in [1.807, 2.05) is 54.2 Å². The van der Waals surface area contributed by atoms with Gasteiger partial charge in [-0.2, -0.15) is 0 Å². The summed E-state index contributed by atoms with van der Waals surface area (Å²) in [6.45, 7) is 0. The van der Waals surface area contributed by atoms with E-state index in [0.29, 0.717) is 25.7 Å². The number of carbonyl (C=O) groups is 1. The van der Waals surface area contributed by atoms with Crippen molar-refractivity contribution in [3.05, 3.63) is 71.8 Å². The number of carbonyl (C=O) groups excluding carboxylic acids is 1. The molecule has 1 aromatic heterocycles. The summed E-state index contributed by atoms with van der Waals surface area (Å²) in [5.74, 6) is -0.372. The van der Waals surface area contributed by atoms with E-state index in [9.17, 15) is 9.90 Å². The highest BCUT2D eigenvalue weighted by molar-refractivity contribution is 5.86. The zero-order valence-corrected chi connectivity index (χ0v) is 14.9. The maximum Gasteiger partial charge on any atom is 0.331 e. The highest BCUT2D eigenvalue weighted by Gasteiger charge is 2.17. The molecule has 136 valence electrons. The number of aryl methyl sites for hydroxylation is 1. The summed E-state index contributed by atoms with van der Waals surface area (Å²) in [6.07, 6.45) is 12.4. The molecule has 3 rings (SSSR count). The number of imidazole rings is 1. The van der Waals surface area contributed by atoms with Crippen molar-refractivity contribution < 1.29 is 14.6 Å². The van der Waals surface area contributed by atoms with Crippen LogP contribution in [-0.4, -0.2) is 32.8 Å². The SMILES string of the molecule is Cn1cnc(C=CC(=O)OC2CC=CCC(O)Cc3ccccc3C2)c1. The zero-order chi connectivity index (χ0) is 18.4. The molecule has 5 nitrogen and oxygen atoms in total. The maximum absolute atomic E-state index is 12.2. The van der Waals surface area contributed by atoms with Crippen LogP contribution in [0.25, 0.3) is 6.08 Å². The number of fused-ring (bicyclic) bond motifs is 1. The van der Waals surface area contributed by atoms with Gasteiger partial charge in [-0.05, 0) is 30.0 Å². The number of hydrogen-bond donors (Lipinski definition) is 1. The molecular weight excluding hydrogens is 328 g/mol. The summed E-state index contributed by atoms with van der Waals surface area (Å²) in [5, 5.41) is 10.1. The molecule has 2 unspecified atom stereocenters. The molecule has 0 amide bonds. The van der Waals surface area contributed by atoms with Gasteiger partial charge in [-0.25, -0.2) is 9.78 Å². The largest absolute Gasteiger partial charge is 0.459 e. The van der Waals surface area contributed by atoms with Gasteiger partial charge in [0.1, 0.15) is 6.10 Å². The first kappa shape index (κ1) is 18.1. The highest BCUT2D eigenvalue weighted by Crippen LogP contribution is 2.19. The van der Waals surface area contributed by atoms with Crippen molar-refractivity contribution in [3.63, 3.8) is 0 Å². The van der Waals surface area contributed by atoms with E-state index in [1.165, 1.54) is 6.08 Å². The average molecular weight is 352 g/mol. The molecule has 0 spiro atoms. The van der Waals surface area contributed by atoms with Crippen LogP contribution in [0.2, 0.25) is 0 Å². The lowest BCUT2D eigenvalue weighted by atomic mass is 9.94. The molecule has 0 radical (unpaired) electrons. The van der Waals surface area contributed by atoms with Gasteiger partial charge in [0, 0.05) is 32.2 Å². The normalized spacial score (nSPS) is 20.7. The molecule has 5 heteroatoms. The first-order chi connectivity index (χ1) is 12.6. The Hall–Kier alpha value is -2.66. The van der Waals surface area contributed by atoms with Crippen molar-refractivity contribution in [2.24, 2.45) is 7.05 Å². The first-order valence-corrected chi connectivity index (χ1v) is 8.86. The van der Waals surface area contributed by atoms with E-state index >= 15 is 0 Å². The third kappa shape index (κ3) is 5.17. The van der Waals surface area contributed by atoms with Crippen molar-refractivity contribution in [1.82, 2.24) is 9.55 Å². The summed E-state index contributed by atoms with van der Waals surface area (Å²) in [4.78, 5) is 16.4. The molecule has 1 aliphatic carbocycles. The standard InChI is InChI=1S/C21H24N2O3/c1-23-14-18(22-15-23)10-11-21(25)26-20-9-5-4-8-19(24)12-16-6-2-3-7-17(16)13-20/h2-7,10-11,14-15,19-20,24H,8-9,12-13H2,1H3. The van der Waals surface area contributed by atoms with Crippen molar-refractivity contribution >= 4 is 12.0 Å². The van der Waals surface area contributed by atoms with Crippen LogP contribution in [-0.2, 0) is 29.4 Å². The van der Waals surface area contributed by atoms with Gasteiger partial charge < -0.3 is 14.4 Å². The molecule has 1 heterocycles. The smallest absolute Gasteiger partial charge is 0.331 e. The molecule has 0 saturated carbocycles. The van der Waals surface area contributed by atoms with Gasteiger partial charge in [-0.3, -0.25) is 0 Å². The molecule has 0 saturated heterocycles. The van der Waals surface area contributed by atoms with Crippen LogP contribution in [0.15, 0.2) is 55.0 Å². The maximum atomic E-state index is 12.2. The Morgan fingerprint density at radius 3 is 2.69 bits per heavy atom. The lowest BCUT2D eigenvalue weighted by Gasteiger charge is -2.20. The summed E-state index contributed by atoms with van der Waals surface area (Å²) in [5.41, 5.74) is 2.95. The Labute approximate surface area is 153 Å². The fourth-order valence-corrected chi connectivity index (χ4v) is 3.09. The van der Waals surface area contributed by atoms with Crippen LogP contribution in [0.5, 0.6) is 0 Å². The topological polar surface area (TPSA) is 64.4 Å². The van der Waals surface area contributed by atoms with E-state index in [-0.39, 0.29) is 18.2 Å². The van der Waals surface area contributed by atoms with Crippen molar-refractivity contribution in [2.45, 2.75) is 37.9 Å². The highest BCUT2D eigenvalue weighted by atomic mass is 16.5. The second kappa shape index (κ2) is 8.63. The fraction of sp³-hybridized carbons (Fsp3) is 0.333. The summed E-state index contributed by atoms with van der Waals surface area (Å²) in [6, 6.07) is 8.03. The number of rotatable bonds is 3. The van der Waals surface area contributed by atoms with Crippen LogP contribution in [0.1, 0.15) is 29.7 Å². The second-order valence-electron chi connectivity index (χ2n) is 6.63. The minimum Gasteiger partial charge on any atom is -0.459 e. The van der Waals surface area contributed by atoms with Crippen LogP contribution in [0.3, 0.4) is 0 Å². The number of nitrogens with zero attached hydrogens (tertiary/aromatic N) is 2. The number of benzene rings is 1. The summed E-state index contributed by atoms with van der Waals surface area (Å²) >= 11 is 0. The van der Waals surface area contributed by atoms with Gasteiger partial charge in [0.2, 0.25) is 0 Å². The zero-order valence-electron chi connectivity index (χ0n) is 14.9. The number of ether oxygens (including phenoxy) is 1. The number of aliphatic hydroxyl groups excluding tert-OH is 1. The minimum absolute atomic E-state index is 0.233. The lowest BCUT2D eigenvalue weighted by molar-refractivity contribution is -0.142. The average Bonchev–Trinajstić information content (AvgIpc) is 3.04. The Bertz CT molecular complexity index is 807. The molecule has 1 aliphatic rings. The van der Waals surface area contributed by atoms with Gasteiger partial charge in [-0.15, -0.1) is 0 Å². The van der Waals surface area contributed by atoms with Crippen LogP contribution in [0, 0.1) is 0 Å². The number of hydrogen-bond acceptors (Lipinski definition) is 4. The quantitative estimate of drug-likeness (QED) is 0.524. The Morgan fingerprint density at radius 1 is 1.23 bits per heavy atom. The van der Waals surface area contributed by atoms with Gasteiger partial charge in [0.25, 0.3) is 0 Å². The number of aliphatic hydroxyl groups is 1. The minimum atomic E-state index is -0.382. The monoisotopic (exact) mass is 352 g/mol. The fourth-order valence-electron chi connectivity index (χ4n) is 3.09. The Kier molecular flexibility index (Phi) is 6.02. The third-order valence-corrected chi connectivity index (χ3v) is 4.39. The molecule has 0 fully saturated rings. The van der Waals surface area contributed by atoms with Gasteiger partial charge >= 0.3 is 5.97 Å². The molecule has 26 heavy (non-hydrogen) atoms. The predicted molar refractivity (Wildman–Crippen MR) is 100 cm³/mol. The predicted octanol–water partition coefficient (Wildman–Crippen LogP) is 2.84. The second-order valence-corrected chi connectivity index (χ2v) is 6.63. The number of aromatic nitrogens is 2. The first-order valence-electron chi connectivity index (χ1n) is 8.86. The van der Waals surface area contributed by atoms with Gasteiger partial charge in [0.15, 0.2) is 0 Å². The summed E-state index contributed by atoms with van der Waals surface area (Å²) in [7, 11) is 1.88. The van der Waals surface area contributed by atoms with Gasteiger partial charge in [0.05, 0.1) is 18.1 Å². The van der Waals surface area contributed by atoms with E-state index < -0.39 is 0 Å². The molecule has 2 atom stereocenters. The van der Waals surface area contributed by atoms with Crippen LogP contribution >= 0.6 is 0 Å². The molecule has 0 bridgehead atoms. The van der Waals surface area contributed by atoms with Crippen molar-refractivity contribution in [1.29, 1.82) is 0 Å².